The minimum atomic E-state index is -1.25. The van der Waals surface area contributed by atoms with Crippen molar-refractivity contribution < 1.29 is 38.9 Å². The number of ether oxygens (including phenoxy) is 2. The lowest BCUT2D eigenvalue weighted by molar-refractivity contribution is -0.171. The van der Waals surface area contributed by atoms with Crippen molar-refractivity contribution in [3.8, 4) is 5.75 Å². The Balaban J connectivity index is 0.00000102. The van der Waals surface area contributed by atoms with Crippen LogP contribution in [0.1, 0.15) is 76.1 Å². The van der Waals surface area contributed by atoms with Crippen LogP contribution in [0.4, 0.5) is 0 Å². The second kappa shape index (κ2) is 21.3. The molecule has 3 atom stereocenters. The number of carbonyl (C=O) groups excluding carboxylic acids is 3. The first-order valence-corrected chi connectivity index (χ1v) is 16.9. The van der Waals surface area contributed by atoms with Crippen LogP contribution in [0.25, 0.3) is 0 Å². The maximum atomic E-state index is 12.5. The number of carbonyl (C=O) groups is 4. The van der Waals surface area contributed by atoms with E-state index < -0.39 is 41.4 Å². The van der Waals surface area contributed by atoms with E-state index in [1.807, 2.05) is 52.0 Å². The quantitative estimate of drug-likeness (QED) is 0.113. The SMILES string of the molecule is COc1ccc(C)cc1Cl.Cc1ccc(CC(O)C(C)CC/C=C/C(=O)NCC(=O)NCC(C)(C)C(=O)OC(CC(C)C)C(=O)O)cc1C. The second-order valence-corrected chi connectivity index (χ2v) is 13.9. The van der Waals surface area contributed by atoms with Crippen molar-refractivity contribution in [1.82, 2.24) is 10.6 Å². The standard InChI is InChI=1S/C30H46N2O7.C8H9ClO/c1-19(2)14-25(28(36)37)39-29(38)30(6,7)18-32-27(35)17-31-26(34)11-9-8-10-21(4)24(33)16-23-13-12-20(3)22(5)15-23;1-6-3-4-8(10-2)7(9)5-6/h9,11-13,15,19,21,24-25,33H,8,10,14,16-18H2,1-7H3,(H,31,34)(H,32,35)(H,36,37);3-5H,1-2H3/b11-9+;. The number of methoxy groups -OCH3 is 1. The minimum Gasteiger partial charge on any atom is -0.495 e. The summed E-state index contributed by atoms with van der Waals surface area (Å²) < 4.78 is 10.1. The summed E-state index contributed by atoms with van der Waals surface area (Å²) in [6.07, 6.45) is 3.42. The number of aliphatic hydroxyl groups excluding tert-OH is 1. The monoisotopic (exact) mass is 702 g/mol. The molecule has 0 aliphatic rings. The molecule has 0 aromatic heterocycles. The maximum Gasteiger partial charge on any atom is 0.345 e. The van der Waals surface area contributed by atoms with Gasteiger partial charge in [0.1, 0.15) is 5.75 Å². The summed E-state index contributed by atoms with van der Waals surface area (Å²) in [5.74, 6) is -2.04. The fourth-order valence-electron chi connectivity index (χ4n) is 4.48. The highest BCUT2D eigenvalue weighted by Crippen LogP contribution is 2.24. The van der Waals surface area contributed by atoms with E-state index in [0.717, 1.165) is 16.9 Å². The van der Waals surface area contributed by atoms with Crippen LogP contribution in [0, 0.1) is 38.0 Å². The summed E-state index contributed by atoms with van der Waals surface area (Å²) in [4.78, 5) is 48.0. The van der Waals surface area contributed by atoms with E-state index in [1.165, 1.54) is 17.2 Å². The molecule has 11 heteroatoms. The van der Waals surface area contributed by atoms with Crippen molar-refractivity contribution >= 4 is 35.4 Å². The third-order valence-electron chi connectivity index (χ3n) is 7.95. The zero-order chi connectivity index (χ0) is 37.3. The van der Waals surface area contributed by atoms with Gasteiger partial charge >= 0.3 is 11.9 Å². The largest absolute Gasteiger partial charge is 0.495 e. The first-order chi connectivity index (χ1) is 22.9. The Morgan fingerprint density at radius 3 is 2.22 bits per heavy atom. The molecule has 3 unspecified atom stereocenters. The Labute approximate surface area is 296 Å². The highest BCUT2D eigenvalue weighted by Gasteiger charge is 2.34. The molecular weight excluding hydrogens is 648 g/mol. The smallest absolute Gasteiger partial charge is 0.345 e. The van der Waals surface area contributed by atoms with Gasteiger partial charge in [-0.25, -0.2) is 4.79 Å². The summed E-state index contributed by atoms with van der Waals surface area (Å²) >= 11 is 5.80. The number of amides is 2. The molecule has 2 rings (SSSR count). The molecule has 10 nitrogen and oxygen atoms in total. The lowest BCUT2D eigenvalue weighted by atomic mass is 9.92. The number of rotatable bonds is 17. The lowest BCUT2D eigenvalue weighted by Gasteiger charge is -2.25. The number of nitrogens with one attached hydrogen (secondary N) is 2. The number of aryl methyl sites for hydroxylation is 3. The number of hydrogen-bond acceptors (Lipinski definition) is 7. The Morgan fingerprint density at radius 2 is 1.65 bits per heavy atom. The van der Waals surface area contributed by atoms with Gasteiger partial charge in [-0.05, 0) is 113 Å². The van der Waals surface area contributed by atoms with Crippen LogP contribution in [0.3, 0.4) is 0 Å². The van der Waals surface area contributed by atoms with Crippen molar-refractivity contribution in [2.75, 3.05) is 20.2 Å². The Kier molecular flexibility index (Phi) is 18.7. The first-order valence-electron chi connectivity index (χ1n) is 16.6. The molecule has 4 N–H and O–H groups in total. The molecule has 2 aromatic rings. The zero-order valence-electron chi connectivity index (χ0n) is 30.4. The van der Waals surface area contributed by atoms with Gasteiger partial charge in [0.2, 0.25) is 11.8 Å². The van der Waals surface area contributed by atoms with Gasteiger partial charge in [-0.2, -0.15) is 0 Å². The Bertz CT molecular complexity index is 1420. The topological polar surface area (TPSA) is 151 Å². The molecule has 0 spiro atoms. The second-order valence-electron chi connectivity index (χ2n) is 13.5. The van der Waals surface area contributed by atoms with Gasteiger partial charge in [0.25, 0.3) is 0 Å². The number of aliphatic carboxylic acids is 1. The van der Waals surface area contributed by atoms with E-state index in [2.05, 4.69) is 36.6 Å². The summed E-state index contributed by atoms with van der Waals surface area (Å²) in [6, 6.07) is 11.9. The van der Waals surface area contributed by atoms with E-state index in [9.17, 15) is 29.4 Å². The van der Waals surface area contributed by atoms with Gasteiger partial charge < -0.3 is 30.3 Å². The number of carboxylic acid groups (broad SMARTS) is 1. The van der Waals surface area contributed by atoms with Crippen LogP contribution >= 0.6 is 11.6 Å². The molecule has 2 aromatic carbocycles. The normalized spacial score (nSPS) is 13.1. The number of carboxylic acids is 1. The molecule has 2 amide bonds. The van der Waals surface area contributed by atoms with Crippen molar-refractivity contribution in [3.05, 3.63) is 75.8 Å². The van der Waals surface area contributed by atoms with Crippen molar-refractivity contribution in [2.24, 2.45) is 17.3 Å². The van der Waals surface area contributed by atoms with E-state index in [0.29, 0.717) is 24.3 Å². The molecule has 0 bridgehead atoms. The van der Waals surface area contributed by atoms with Crippen LogP contribution in [0.5, 0.6) is 5.75 Å². The van der Waals surface area contributed by atoms with E-state index in [4.69, 9.17) is 21.1 Å². The average molecular weight is 703 g/mol. The number of halogens is 1. The molecule has 272 valence electrons. The molecular formula is C38H55ClN2O8. The number of allylic oxidation sites excluding steroid dienone is 1. The van der Waals surface area contributed by atoms with E-state index >= 15 is 0 Å². The van der Waals surface area contributed by atoms with Crippen molar-refractivity contribution in [1.29, 1.82) is 0 Å². The summed E-state index contributed by atoms with van der Waals surface area (Å²) in [7, 11) is 1.61. The summed E-state index contributed by atoms with van der Waals surface area (Å²) in [5.41, 5.74) is 3.52. The van der Waals surface area contributed by atoms with Gasteiger partial charge in [0.05, 0.1) is 30.2 Å². The molecule has 0 aliphatic carbocycles. The number of benzene rings is 2. The minimum absolute atomic E-state index is 0.0304. The third-order valence-corrected chi connectivity index (χ3v) is 8.25. The molecule has 0 fully saturated rings. The van der Waals surface area contributed by atoms with Gasteiger partial charge in [-0.15, -0.1) is 0 Å². The summed E-state index contributed by atoms with van der Waals surface area (Å²) in [6.45, 7) is 14.5. The lowest BCUT2D eigenvalue weighted by Crippen LogP contribution is -2.45. The molecule has 0 radical (unpaired) electrons. The molecule has 0 saturated carbocycles. The third kappa shape index (κ3) is 16.9. The van der Waals surface area contributed by atoms with Crippen LogP contribution in [-0.2, 0) is 30.3 Å². The molecule has 49 heavy (non-hydrogen) atoms. The van der Waals surface area contributed by atoms with Crippen LogP contribution in [-0.4, -0.2) is 66.4 Å². The van der Waals surface area contributed by atoms with Crippen molar-refractivity contribution in [3.63, 3.8) is 0 Å². The zero-order valence-corrected chi connectivity index (χ0v) is 31.1. The Hall–Kier alpha value is -3.89. The van der Waals surface area contributed by atoms with E-state index in [1.54, 1.807) is 27.0 Å². The molecule has 0 heterocycles. The fraction of sp³-hybridized carbons (Fsp3) is 0.526. The summed E-state index contributed by atoms with van der Waals surface area (Å²) in [5, 5.41) is 25.5. The van der Waals surface area contributed by atoms with Gasteiger partial charge in [0, 0.05) is 6.54 Å². The van der Waals surface area contributed by atoms with Gasteiger partial charge in [-0.1, -0.05) is 62.7 Å². The number of aliphatic hydroxyl groups is 1. The molecule has 0 saturated heterocycles. The van der Waals surface area contributed by atoms with Crippen LogP contribution in [0.15, 0.2) is 48.6 Å². The predicted octanol–water partition coefficient (Wildman–Crippen LogP) is 6.14. The maximum absolute atomic E-state index is 12.5. The fourth-order valence-corrected chi connectivity index (χ4v) is 4.80. The van der Waals surface area contributed by atoms with Gasteiger partial charge in [-0.3, -0.25) is 14.4 Å². The van der Waals surface area contributed by atoms with Crippen LogP contribution in [0.2, 0.25) is 5.02 Å². The van der Waals surface area contributed by atoms with E-state index in [-0.39, 0.29) is 31.3 Å². The molecule has 0 aliphatic heterocycles. The highest BCUT2D eigenvalue weighted by atomic mass is 35.5. The number of hydrogen-bond donors (Lipinski definition) is 4. The van der Waals surface area contributed by atoms with Gasteiger partial charge in [0.15, 0.2) is 6.10 Å². The van der Waals surface area contributed by atoms with Crippen molar-refractivity contribution in [2.45, 2.75) is 93.3 Å². The highest BCUT2D eigenvalue weighted by molar-refractivity contribution is 6.32. The number of esters is 1. The Morgan fingerprint density at radius 1 is 0.980 bits per heavy atom. The average Bonchev–Trinajstić information content (AvgIpc) is 3.02. The van der Waals surface area contributed by atoms with Crippen LogP contribution < -0.4 is 15.4 Å². The predicted molar refractivity (Wildman–Crippen MR) is 193 cm³/mol. The first kappa shape index (κ1) is 43.1.